The predicted molar refractivity (Wildman–Crippen MR) is 125 cm³/mol. The summed E-state index contributed by atoms with van der Waals surface area (Å²) < 4.78 is 34.5. The molecule has 0 saturated carbocycles. The minimum atomic E-state index is -1.62. The Morgan fingerprint density at radius 3 is 2.34 bits per heavy atom. The molecule has 182 valence electrons. The molecular weight excluding hydrogens is 456 g/mol. The van der Waals surface area contributed by atoms with E-state index in [4.69, 9.17) is 4.74 Å². The largest absolute Gasteiger partial charge is 0.494 e. The van der Waals surface area contributed by atoms with Crippen LogP contribution in [0.3, 0.4) is 0 Å². The summed E-state index contributed by atoms with van der Waals surface area (Å²) in [5, 5.41) is 2.50. The van der Waals surface area contributed by atoms with Gasteiger partial charge in [-0.1, -0.05) is 6.07 Å². The van der Waals surface area contributed by atoms with Gasteiger partial charge in [-0.15, -0.1) is 0 Å². The minimum Gasteiger partial charge on any atom is -0.494 e. The first-order chi connectivity index (χ1) is 16.6. The van der Waals surface area contributed by atoms with Gasteiger partial charge in [-0.2, -0.15) is 0 Å². The smallest absolute Gasteiger partial charge is 0.325 e. The third-order valence-electron chi connectivity index (χ3n) is 6.21. The summed E-state index contributed by atoms with van der Waals surface area (Å²) in [6.07, 6.45) is 0. The molecule has 1 saturated heterocycles. The number of carbonyl (C=O) groups is 3. The van der Waals surface area contributed by atoms with E-state index in [-0.39, 0.29) is 5.56 Å². The van der Waals surface area contributed by atoms with E-state index < -0.39 is 41.4 Å². The van der Waals surface area contributed by atoms with Gasteiger partial charge in [-0.3, -0.25) is 14.5 Å². The maximum absolute atomic E-state index is 13.8. The van der Waals surface area contributed by atoms with E-state index in [2.05, 4.69) is 5.32 Å². The molecule has 1 unspecified atom stereocenters. The van der Waals surface area contributed by atoms with Gasteiger partial charge in [0.2, 0.25) is 0 Å². The quantitative estimate of drug-likeness (QED) is 0.400. The van der Waals surface area contributed by atoms with Crippen LogP contribution in [-0.4, -0.2) is 40.3 Å². The van der Waals surface area contributed by atoms with Crippen LogP contribution in [0.1, 0.15) is 41.2 Å². The Balaban J connectivity index is 1.58. The molecule has 0 aliphatic carbocycles. The number of ether oxygens (including phenoxy) is 1. The Kier molecular flexibility index (Phi) is 6.19. The maximum atomic E-state index is 13.8. The summed E-state index contributed by atoms with van der Waals surface area (Å²) in [7, 11) is 0. The fraction of sp³-hybridized carbons (Fsp3) is 0.269. The molecule has 1 atom stereocenters. The number of urea groups is 1. The molecule has 3 amide bonds. The zero-order chi connectivity index (χ0) is 25.5. The molecule has 0 spiro atoms. The van der Waals surface area contributed by atoms with Gasteiger partial charge >= 0.3 is 6.03 Å². The first kappa shape index (κ1) is 24.1. The summed E-state index contributed by atoms with van der Waals surface area (Å²) in [4.78, 5) is 39.7. The molecule has 2 aromatic carbocycles. The fourth-order valence-corrected chi connectivity index (χ4v) is 4.37. The van der Waals surface area contributed by atoms with E-state index in [1.165, 1.54) is 13.0 Å². The number of Topliss-reactive ketones (excluding diaryl/α,β-unsaturated/α-hetero) is 1. The number of carbonyl (C=O) groups excluding carboxylic acids is 3. The van der Waals surface area contributed by atoms with Gasteiger partial charge < -0.3 is 14.6 Å². The molecular formula is C26H25F2N3O4. The normalized spacial score (nSPS) is 17.6. The van der Waals surface area contributed by atoms with E-state index in [1.54, 1.807) is 13.0 Å². The molecule has 1 aliphatic rings. The van der Waals surface area contributed by atoms with Crippen molar-refractivity contribution < 1.29 is 27.9 Å². The third kappa shape index (κ3) is 4.18. The van der Waals surface area contributed by atoms with Gasteiger partial charge in [0.25, 0.3) is 5.91 Å². The van der Waals surface area contributed by atoms with Crippen LogP contribution in [0.2, 0.25) is 0 Å². The summed E-state index contributed by atoms with van der Waals surface area (Å²) in [6.45, 7) is 7.00. The SMILES string of the molecule is CCOc1ccc(-n2c(C)cc(C(=O)CN3C(=O)NC(C)(c4ccc(F)c(F)c4)C3=O)c2C)cc1. The van der Waals surface area contributed by atoms with Crippen molar-refractivity contribution in [1.29, 1.82) is 0 Å². The minimum absolute atomic E-state index is 0.0818. The lowest BCUT2D eigenvalue weighted by Crippen LogP contribution is -2.41. The van der Waals surface area contributed by atoms with Crippen LogP contribution in [0.4, 0.5) is 13.6 Å². The van der Waals surface area contributed by atoms with Gasteiger partial charge in [-0.05, 0) is 75.7 Å². The van der Waals surface area contributed by atoms with Crippen molar-refractivity contribution in [1.82, 2.24) is 14.8 Å². The van der Waals surface area contributed by atoms with Crippen molar-refractivity contribution in [2.75, 3.05) is 13.2 Å². The second kappa shape index (κ2) is 8.98. The summed E-state index contributed by atoms with van der Waals surface area (Å²) in [5.41, 5.74) is 1.14. The number of aryl methyl sites for hydroxylation is 1. The molecule has 2 heterocycles. The zero-order valence-corrected chi connectivity index (χ0v) is 19.8. The van der Waals surface area contributed by atoms with Crippen molar-refractivity contribution in [3.63, 3.8) is 0 Å². The molecule has 0 bridgehead atoms. The van der Waals surface area contributed by atoms with E-state index in [0.717, 1.165) is 34.2 Å². The lowest BCUT2D eigenvalue weighted by atomic mass is 9.92. The number of ketones is 1. The van der Waals surface area contributed by atoms with Gasteiger partial charge in [0.15, 0.2) is 17.4 Å². The van der Waals surface area contributed by atoms with Crippen LogP contribution in [-0.2, 0) is 10.3 Å². The molecule has 1 N–H and O–H groups in total. The Bertz CT molecular complexity index is 1330. The summed E-state index contributed by atoms with van der Waals surface area (Å²) in [6, 6.07) is 11.3. The number of hydrogen-bond donors (Lipinski definition) is 1. The molecule has 0 radical (unpaired) electrons. The van der Waals surface area contributed by atoms with Crippen LogP contribution in [0.15, 0.2) is 48.5 Å². The number of aromatic nitrogens is 1. The molecule has 35 heavy (non-hydrogen) atoms. The van der Waals surface area contributed by atoms with Crippen molar-refractivity contribution in [3.05, 3.63) is 82.7 Å². The molecule has 1 aromatic heterocycles. The predicted octanol–water partition coefficient (Wildman–Crippen LogP) is 4.42. The Labute approximate surface area is 201 Å². The first-order valence-corrected chi connectivity index (χ1v) is 11.1. The number of halogens is 2. The van der Waals surface area contributed by atoms with Crippen LogP contribution in [0.25, 0.3) is 5.69 Å². The van der Waals surface area contributed by atoms with Gasteiger partial charge in [0.05, 0.1) is 13.2 Å². The first-order valence-electron chi connectivity index (χ1n) is 11.1. The van der Waals surface area contributed by atoms with Crippen molar-refractivity contribution in [2.45, 2.75) is 33.2 Å². The van der Waals surface area contributed by atoms with Crippen LogP contribution in [0, 0.1) is 25.5 Å². The Hall–Kier alpha value is -4.01. The molecule has 1 aliphatic heterocycles. The number of benzene rings is 2. The van der Waals surface area contributed by atoms with E-state index >= 15 is 0 Å². The molecule has 7 nitrogen and oxygen atoms in total. The number of amides is 3. The Morgan fingerprint density at radius 2 is 1.71 bits per heavy atom. The number of nitrogens with one attached hydrogen (secondary N) is 1. The number of rotatable bonds is 7. The maximum Gasteiger partial charge on any atom is 0.325 e. The number of imide groups is 1. The monoisotopic (exact) mass is 481 g/mol. The molecule has 3 aromatic rings. The van der Waals surface area contributed by atoms with Gasteiger partial charge in [-0.25, -0.2) is 13.6 Å². The van der Waals surface area contributed by atoms with Crippen molar-refractivity contribution in [2.24, 2.45) is 0 Å². The third-order valence-corrected chi connectivity index (χ3v) is 6.21. The second-order valence-corrected chi connectivity index (χ2v) is 8.55. The molecule has 9 heteroatoms. The van der Waals surface area contributed by atoms with Crippen LogP contribution < -0.4 is 10.1 Å². The van der Waals surface area contributed by atoms with E-state index in [1.807, 2.05) is 42.7 Å². The highest BCUT2D eigenvalue weighted by atomic mass is 19.2. The molecule has 1 fully saturated rings. The van der Waals surface area contributed by atoms with Gasteiger partial charge in [0.1, 0.15) is 11.3 Å². The summed E-state index contributed by atoms with van der Waals surface area (Å²) >= 11 is 0. The average molecular weight is 481 g/mol. The van der Waals surface area contributed by atoms with Crippen LogP contribution >= 0.6 is 0 Å². The fourth-order valence-electron chi connectivity index (χ4n) is 4.37. The van der Waals surface area contributed by atoms with Crippen molar-refractivity contribution >= 4 is 17.7 Å². The average Bonchev–Trinajstić information content (AvgIpc) is 3.24. The van der Waals surface area contributed by atoms with E-state index in [9.17, 15) is 23.2 Å². The van der Waals surface area contributed by atoms with E-state index in [0.29, 0.717) is 17.9 Å². The Morgan fingerprint density at radius 1 is 1.03 bits per heavy atom. The second-order valence-electron chi connectivity index (χ2n) is 8.55. The highest BCUT2D eigenvalue weighted by molar-refractivity contribution is 6.11. The standard InChI is InChI=1S/C26H25F2N3O4/c1-5-35-19-9-7-18(8-10-19)31-15(2)12-20(16(31)3)23(32)14-30-24(33)26(4,29-25(30)34)17-6-11-21(27)22(28)13-17/h6-13H,5,14H2,1-4H3,(H,29,34). The highest BCUT2D eigenvalue weighted by Crippen LogP contribution is 2.30. The van der Waals surface area contributed by atoms with Crippen LogP contribution in [0.5, 0.6) is 5.75 Å². The number of nitrogens with zero attached hydrogens (tertiary/aromatic N) is 2. The lowest BCUT2D eigenvalue weighted by molar-refractivity contribution is -0.130. The highest BCUT2D eigenvalue weighted by Gasteiger charge is 2.49. The summed E-state index contributed by atoms with van der Waals surface area (Å²) in [5.74, 6) is -2.61. The number of hydrogen-bond acceptors (Lipinski definition) is 4. The topological polar surface area (TPSA) is 80.6 Å². The zero-order valence-electron chi connectivity index (χ0n) is 19.8. The molecule has 4 rings (SSSR count). The van der Waals surface area contributed by atoms with Gasteiger partial charge in [0, 0.05) is 22.6 Å². The lowest BCUT2D eigenvalue weighted by Gasteiger charge is -2.22. The van der Waals surface area contributed by atoms with Crippen molar-refractivity contribution in [3.8, 4) is 11.4 Å².